The molecule has 2 aromatic carbocycles. The smallest absolute Gasteiger partial charge is 0.324 e. The van der Waals surface area contributed by atoms with Gasteiger partial charge in [-0.25, -0.2) is 9.48 Å². The Labute approximate surface area is 227 Å². The molecule has 0 fully saturated rings. The molecule has 3 N–H and O–H groups in total. The van der Waals surface area contributed by atoms with Gasteiger partial charge < -0.3 is 10.6 Å². The number of hydrogen-bond donors (Lipinski definition) is 3. The zero-order chi connectivity index (χ0) is 27.4. The van der Waals surface area contributed by atoms with Crippen LogP contribution in [0.2, 0.25) is 0 Å². The Morgan fingerprint density at radius 2 is 1.55 bits per heavy atom. The first-order chi connectivity index (χ1) is 18.0. The summed E-state index contributed by atoms with van der Waals surface area (Å²) in [7, 11) is 1.58. The lowest BCUT2D eigenvalue weighted by atomic mass is 9.92. The van der Waals surface area contributed by atoms with Crippen LogP contribution in [0.5, 0.6) is 0 Å². The van der Waals surface area contributed by atoms with E-state index < -0.39 is 0 Å². The Morgan fingerprint density at radius 1 is 0.868 bits per heavy atom. The van der Waals surface area contributed by atoms with Crippen molar-refractivity contribution in [2.24, 2.45) is 0 Å². The molecule has 0 atom stereocenters. The van der Waals surface area contributed by atoms with Crippen LogP contribution in [0, 0.1) is 13.8 Å². The molecule has 0 bridgehead atoms. The van der Waals surface area contributed by atoms with Crippen LogP contribution in [0.3, 0.4) is 0 Å². The number of carbonyl (C=O) groups excluding carboxylic acids is 2. The number of carbonyl (C=O) groups is 2. The normalized spacial score (nSPS) is 11.2. The predicted molar refractivity (Wildman–Crippen MR) is 153 cm³/mol. The van der Waals surface area contributed by atoms with Gasteiger partial charge in [0.25, 0.3) is 5.91 Å². The number of aryl methyl sites for hydroxylation is 2. The van der Waals surface area contributed by atoms with Gasteiger partial charge in [-0.3, -0.25) is 15.1 Å². The number of nitrogens with one attached hydrogen (secondary N) is 3. The quantitative estimate of drug-likeness (QED) is 0.271. The van der Waals surface area contributed by atoms with Gasteiger partial charge in [-0.2, -0.15) is 5.10 Å². The molecule has 3 amide bonds. The number of benzene rings is 2. The van der Waals surface area contributed by atoms with Gasteiger partial charge in [0.15, 0.2) is 0 Å². The molecule has 4 aromatic rings. The Hall–Kier alpha value is -4.11. The van der Waals surface area contributed by atoms with Crippen LogP contribution in [0.1, 0.15) is 48.1 Å². The van der Waals surface area contributed by atoms with E-state index in [0.29, 0.717) is 17.2 Å². The SMILES string of the molecule is CNC(=O)c1cc(Sc2ccc(NC(=O)Nc3cc(C(C)(C)C)nn3-c3cc(C)cc(C)c3)cc2)ccn1. The average molecular weight is 529 g/mol. The first-order valence-electron chi connectivity index (χ1n) is 12.2. The molecule has 0 saturated carbocycles. The highest BCUT2D eigenvalue weighted by atomic mass is 32.2. The molecule has 2 aromatic heterocycles. The van der Waals surface area contributed by atoms with Crippen LogP contribution in [-0.4, -0.2) is 33.8 Å². The molecule has 0 radical (unpaired) electrons. The highest BCUT2D eigenvalue weighted by molar-refractivity contribution is 7.99. The highest BCUT2D eigenvalue weighted by Crippen LogP contribution is 2.29. The monoisotopic (exact) mass is 528 g/mol. The maximum atomic E-state index is 13.0. The van der Waals surface area contributed by atoms with Gasteiger partial charge in [0.2, 0.25) is 0 Å². The van der Waals surface area contributed by atoms with Gasteiger partial charge in [0.05, 0.1) is 11.4 Å². The van der Waals surface area contributed by atoms with Gasteiger partial charge in [-0.05, 0) is 73.5 Å². The summed E-state index contributed by atoms with van der Waals surface area (Å²) < 4.78 is 1.78. The van der Waals surface area contributed by atoms with Crippen molar-refractivity contribution in [1.82, 2.24) is 20.1 Å². The maximum Gasteiger partial charge on any atom is 0.324 e. The molecule has 0 saturated heterocycles. The summed E-state index contributed by atoms with van der Waals surface area (Å²) in [6.45, 7) is 10.4. The third-order valence-electron chi connectivity index (χ3n) is 5.71. The second-order valence-electron chi connectivity index (χ2n) is 10.1. The van der Waals surface area contributed by atoms with Crippen molar-refractivity contribution in [3.05, 3.63) is 89.4 Å². The van der Waals surface area contributed by atoms with Gasteiger partial charge in [0, 0.05) is 40.2 Å². The Bertz CT molecular complexity index is 1450. The zero-order valence-electron chi connectivity index (χ0n) is 22.4. The number of pyridine rings is 1. The number of aromatic nitrogens is 3. The standard InChI is InChI=1S/C29H32N6O2S/c1-18-13-19(2)15-21(14-18)35-26(17-25(34-35)29(3,4)5)33-28(37)32-20-7-9-22(10-8-20)38-23-11-12-31-24(16-23)27(36)30-6/h7-17H,1-6H3,(H,30,36)(H2,32,33,37). The molecule has 0 aliphatic heterocycles. The summed E-state index contributed by atoms with van der Waals surface area (Å²) in [5, 5.41) is 13.3. The van der Waals surface area contributed by atoms with E-state index >= 15 is 0 Å². The van der Waals surface area contributed by atoms with Crippen molar-refractivity contribution in [2.75, 3.05) is 17.7 Å². The van der Waals surface area contributed by atoms with Gasteiger partial charge in [0.1, 0.15) is 11.5 Å². The average Bonchev–Trinajstić information content (AvgIpc) is 3.28. The molecule has 196 valence electrons. The largest absolute Gasteiger partial charge is 0.354 e. The van der Waals surface area contributed by atoms with E-state index in [1.807, 2.05) is 62.4 Å². The van der Waals surface area contributed by atoms with Crippen LogP contribution < -0.4 is 16.0 Å². The lowest BCUT2D eigenvalue weighted by molar-refractivity contribution is 0.0958. The molecule has 8 nitrogen and oxygen atoms in total. The van der Waals surface area contributed by atoms with Gasteiger partial charge in [-0.1, -0.05) is 38.6 Å². The van der Waals surface area contributed by atoms with Crippen LogP contribution in [-0.2, 0) is 5.41 Å². The highest BCUT2D eigenvalue weighted by Gasteiger charge is 2.22. The second-order valence-corrected chi connectivity index (χ2v) is 11.2. The van der Waals surface area contributed by atoms with E-state index in [9.17, 15) is 9.59 Å². The summed E-state index contributed by atoms with van der Waals surface area (Å²) in [6.07, 6.45) is 1.61. The summed E-state index contributed by atoms with van der Waals surface area (Å²) >= 11 is 1.51. The minimum absolute atomic E-state index is 0.180. The minimum atomic E-state index is -0.360. The van der Waals surface area contributed by atoms with Crippen molar-refractivity contribution in [1.29, 1.82) is 0 Å². The van der Waals surface area contributed by atoms with E-state index in [1.54, 1.807) is 24.0 Å². The number of rotatable bonds is 6. The third-order valence-corrected chi connectivity index (χ3v) is 6.71. The topological polar surface area (TPSA) is 101 Å². The van der Waals surface area contributed by atoms with Crippen LogP contribution >= 0.6 is 11.8 Å². The Kier molecular flexibility index (Phi) is 7.87. The number of anilines is 2. The Morgan fingerprint density at radius 3 is 2.18 bits per heavy atom. The molecule has 2 heterocycles. The van der Waals surface area contributed by atoms with Gasteiger partial charge >= 0.3 is 6.03 Å². The maximum absolute atomic E-state index is 13.0. The third kappa shape index (κ3) is 6.60. The molecule has 0 unspecified atom stereocenters. The lowest BCUT2D eigenvalue weighted by Gasteiger charge is -2.14. The van der Waals surface area contributed by atoms with Crippen LogP contribution in [0.4, 0.5) is 16.3 Å². The molecular formula is C29H32N6O2S. The first-order valence-corrected chi connectivity index (χ1v) is 13.1. The zero-order valence-corrected chi connectivity index (χ0v) is 23.2. The molecular weight excluding hydrogens is 496 g/mol. The van der Waals surface area contributed by atoms with Crippen molar-refractivity contribution in [3.63, 3.8) is 0 Å². The van der Waals surface area contributed by atoms with E-state index in [4.69, 9.17) is 5.10 Å². The molecule has 38 heavy (non-hydrogen) atoms. The number of amides is 3. The summed E-state index contributed by atoms with van der Waals surface area (Å²) in [6, 6.07) is 18.9. The van der Waals surface area contributed by atoms with Crippen LogP contribution in [0.15, 0.2) is 76.7 Å². The molecule has 0 aliphatic rings. The summed E-state index contributed by atoms with van der Waals surface area (Å²) in [5.41, 5.74) is 4.86. The van der Waals surface area contributed by atoms with Crippen molar-refractivity contribution < 1.29 is 9.59 Å². The fourth-order valence-electron chi connectivity index (χ4n) is 3.85. The fourth-order valence-corrected chi connectivity index (χ4v) is 4.70. The molecule has 9 heteroatoms. The summed E-state index contributed by atoms with van der Waals surface area (Å²) in [5.74, 6) is 0.362. The number of urea groups is 1. The van der Waals surface area contributed by atoms with E-state index in [0.717, 1.165) is 32.3 Å². The van der Waals surface area contributed by atoms with Crippen molar-refractivity contribution in [3.8, 4) is 5.69 Å². The van der Waals surface area contributed by atoms with Crippen LogP contribution in [0.25, 0.3) is 5.69 Å². The molecule has 4 rings (SSSR count). The first kappa shape index (κ1) is 26.9. The predicted octanol–water partition coefficient (Wildman–Crippen LogP) is 6.34. The minimum Gasteiger partial charge on any atom is -0.354 e. The van der Waals surface area contributed by atoms with Crippen molar-refractivity contribution >= 4 is 35.2 Å². The van der Waals surface area contributed by atoms with Gasteiger partial charge in [-0.15, -0.1) is 0 Å². The molecule has 0 aliphatic carbocycles. The molecule has 0 spiro atoms. The van der Waals surface area contributed by atoms with E-state index in [2.05, 4.69) is 47.8 Å². The number of nitrogens with zero attached hydrogens (tertiary/aromatic N) is 3. The fraction of sp³-hybridized carbons (Fsp3) is 0.241. The van der Waals surface area contributed by atoms with E-state index in [-0.39, 0.29) is 17.4 Å². The Balaban J connectivity index is 1.48. The number of hydrogen-bond acceptors (Lipinski definition) is 5. The summed E-state index contributed by atoms with van der Waals surface area (Å²) in [4.78, 5) is 30.8. The lowest BCUT2D eigenvalue weighted by Crippen LogP contribution is -2.21. The van der Waals surface area contributed by atoms with E-state index in [1.165, 1.54) is 11.8 Å². The van der Waals surface area contributed by atoms with Crippen molar-refractivity contribution in [2.45, 2.75) is 49.8 Å². The second kappa shape index (κ2) is 11.1.